The van der Waals surface area contributed by atoms with Gasteiger partial charge in [0.2, 0.25) is 0 Å². The monoisotopic (exact) mass is 1660 g/mol. The highest BCUT2D eigenvalue weighted by atomic mass is 32.2. The molecular weight excluding hydrogens is 1540 g/mol. The van der Waals surface area contributed by atoms with E-state index in [1.165, 1.54) is 83.1 Å². The smallest absolute Gasteiger partial charge is 0.321 e. The fraction of sp³-hybridized carbons (Fsp3) is 0.864. The molecule has 0 aromatic heterocycles. The number of esters is 8. The van der Waals surface area contributed by atoms with Gasteiger partial charge in [0.15, 0.2) is 0 Å². The van der Waals surface area contributed by atoms with Crippen molar-refractivity contribution in [1.29, 1.82) is 0 Å². The Kier molecular flexibility index (Phi) is 38.5. The maximum absolute atomic E-state index is 14.7. The molecule has 0 radical (unpaired) electrons. The molecule has 0 aliphatic heterocycles. The molecule has 616 valence electrons. The van der Waals surface area contributed by atoms with Crippen LogP contribution in [0.3, 0.4) is 0 Å². The highest BCUT2D eigenvalue weighted by molar-refractivity contribution is 7.95. The fourth-order valence-corrected chi connectivity index (χ4v) is 15.2. The lowest BCUT2D eigenvalue weighted by Crippen LogP contribution is -2.49. The van der Waals surface area contributed by atoms with Crippen molar-refractivity contribution in [3.05, 3.63) is 0 Å². The van der Waals surface area contributed by atoms with Crippen LogP contribution in [0.5, 0.6) is 0 Å². The van der Waals surface area contributed by atoms with Gasteiger partial charge in [0.05, 0.1) is 131 Å². The van der Waals surface area contributed by atoms with Crippen LogP contribution in [-0.4, -0.2) is 323 Å². The maximum Gasteiger partial charge on any atom is 0.321 e. The average Bonchev–Trinajstić information content (AvgIpc) is 0.799. The van der Waals surface area contributed by atoms with E-state index < -0.39 is 178 Å². The lowest BCUT2D eigenvalue weighted by atomic mass is 9.82. The van der Waals surface area contributed by atoms with Crippen LogP contribution in [0.25, 0.3) is 0 Å². The number of quaternary nitrogens is 4. The summed E-state index contributed by atoms with van der Waals surface area (Å²) in [5, 5.41) is 0. The first-order valence-corrected chi connectivity index (χ1v) is 42.6. The molecule has 0 rings (SSSR count). The molecule has 0 bridgehead atoms. The van der Waals surface area contributed by atoms with Crippen molar-refractivity contribution in [3.8, 4) is 0 Å². The molecule has 0 amide bonds. The molecule has 4 N–H and O–H groups in total. The highest BCUT2D eigenvalue weighted by Gasteiger charge is 2.50. The zero-order valence-corrected chi connectivity index (χ0v) is 72.2. The minimum absolute atomic E-state index is 0.0313. The standard InChI is InChI=1S/C66H122N4O27S8/c1-58(2,42-62(9,98)54(75)90-34-30-67(13,14)26-22-38-102(21,79)80)50(71)94-46-66(47-95-51(72)59(3,4)43-63(10,99)55(76)91-35-31-68(15,16)27-23-39-103(81,82)83,48-96-52(73)60(5,6)44-64(11,100)56(77)92-36-32-69(17,18)28-24-40-104(84,85)86)49-97-53(74)61(7,8)45-65(12,101)57(78)93-37-33-70(19,20)29-25-41-105(87,88)89/h21-49H2,1-20H3,(H4-4,79,80,81,82,83,84,85,86,87,88,89,98,99,100,101)/p+4. The van der Waals surface area contributed by atoms with Crippen molar-refractivity contribution >= 4 is 144 Å². The predicted octanol–water partition coefficient (Wildman–Crippen LogP) is 4.46. The summed E-state index contributed by atoms with van der Waals surface area (Å²) in [7, 11) is -1.60. The number of likely N-dealkylation sites (N-methyl/N-ethyl adjacent to an activating group) is 4. The van der Waals surface area contributed by atoms with Crippen molar-refractivity contribution in [3.63, 3.8) is 0 Å². The van der Waals surface area contributed by atoms with Gasteiger partial charge < -0.3 is 60.4 Å². The fourth-order valence-electron chi connectivity index (χ4n) is 11.3. The van der Waals surface area contributed by atoms with Gasteiger partial charge in [-0.25, -0.2) is 4.21 Å². The minimum atomic E-state index is -4.21. The third kappa shape index (κ3) is 42.1. The number of carbonyl (C=O) groups excluding carboxylic acids is 8. The van der Waals surface area contributed by atoms with E-state index >= 15 is 0 Å². The maximum atomic E-state index is 14.7. The number of ether oxygens (including phenoxy) is 8. The number of thiol groups is 4. The van der Waals surface area contributed by atoms with Crippen LogP contribution in [0.1, 0.15) is 134 Å². The first kappa shape index (κ1) is 102. The molecule has 5 unspecified atom stereocenters. The van der Waals surface area contributed by atoms with E-state index in [9.17, 15) is 86.0 Å². The number of hydrogen-bond acceptors (Lipinski definition) is 27. The Labute approximate surface area is 647 Å². The van der Waals surface area contributed by atoms with Crippen molar-refractivity contribution in [2.45, 2.75) is 153 Å². The molecule has 0 fully saturated rings. The number of rotatable bonds is 52. The molecule has 0 heterocycles. The van der Waals surface area contributed by atoms with Gasteiger partial charge in [-0.3, -0.25) is 52.0 Å². The zero-order chi connectivity index (χ0) is 82.6. The second kappa shape index (κ2) is 39.8. The Bertz CT molecular complexity index is 2970. The second-order valence-corrected chi connectivity index (χ2v) is 44.6. The summed E-state index contributed by atoms with van der Waals surface area (Å²) in [6, 6.07) is 0. The van der Waals surface area contributed by atoms with Crippen LogP contribution in [0.4, 0.5) is 0 Å². The van der Waals surface area contributed by atoms with E-state index in [0.717, 1.165) is 0 Å². The van der Waals surface area contributed by atoms with Crippen LogP contribution in [0.15, 0.2) is 0 Å². The molecular formula is C66H126N4O27S8+4. The van der Waals surface area contributed by atoms with Gasteiger partial charge in [0.1, 0.15) is 103 Å². The lowest BCUT2D eigenvalue weighted by molar-refractivity contribution is -0.890. The van der Waals surface area contributed by atoms with Gasteiger partial charge in [0, 0.05) is 31.4 Å². The Morgan fingerprint density at radius 2 is 0.476 bits per heavy atom. The van der Waals surface area contributed by atoms with Crippen LogP contribution in [0, 0.1) is 27.1 Å². The summed E-state index contributed by atoms with van der Waals surface area (Å²) in [5.74, 6) is -5.52. The first-order valence-electron chi connectivity index (χ1n) is 34.2. The van der Waals surface area contributed by atoms with E-state index in [1.54, 1.807) is 42.3 Å². The van der Waals surface area contributed by atoms with Crippen molar-refractivity contribution in [1.82, 2.24) is 0 Å². The number of nitrogens with zero attached hydrogens (tertiary/aromatic N) is 4. The Hall–Kier alpha value is -3.29. The van der Waals surface area contributed by atoms with Gasteiger partial charge in [0.25, 0.3) is 30.4 Å². The van der Waals surface area contributed by atoms with Crippen molar-refractivity contribution in [2.75, 3.05) is 185 Å². The summed E-state index contributed by atoms with van der Waals surface area (Å²) in [6.45, 7) is 15.3. The summed E-state index contributed by atoms with van der Waals surface area (Å²) in [4.78, 5) is 114. The molecule has 0 aromatic rings. The molecule has 0 spiro atoms. The molecule has 105 heavy (non-hydrogen) atoms. The van der Waals surface area contributed by atoms with Crippen LogP contribution >= 0.6 is 50.5 Å². The molecule has 31 nitrogen and oxygen atoms in total. The molecule has 5 atom stereocenters. The lowest BCUT2D eigenvalue weighted by Gasteiger charge is -2.38. The predicted molar refractivity (Wildman–Crippen MR) is 411 cm³/mol. The normalized spacial score (nSPS) is 16.8. The molecule has 0 aliphatic rings. The summed E-state index contributed by atoms with van der Waals surface area (Å²) >= 11 is 18.5. The van der Waals surface area contributed by atoms with E-state index in [4.69, 9.17) is 37.9 Å². The largest absolute Gasteiger partial charge is 0.464 e. The Balaban J connectivity index is 7.78. The van der Waals surface area contributed by atoms with E-state index in [2.05, 4.69) is 56.4 Å². The molecule has 0 aromatic carbocycles. The molecule has 0 saturated carbocycles. The van der Waals surface area contributed by atoms with E-state index in [0.29, 0.717) is 43.6 Å². The topological polar surface area (TPSA) is 411 Å². The van der Waals surface area contributed by atoms with Crippen LogP contribution < -0.4 is 0 Å². The SMILES string of the molecule is C=S(=O)(O)CCC[N+](C)(C)CCOC(=O)C(C)(S)CC(C)(C)C(=O)OCC(COC(=O)C(C)(C)CC(C)(S)C(=O)OCC[N+](C)(C)CCCS(=O)(=O)O)(COC(=O)C(C)(C)CC(C)(S)C(=O)OCC[N+](C)(C)CCCS(=O)(=O)O)COC(=O)C(C)(C)CC(C)(S)C(=O)OCC[N+](C)(C)CCCS(=O)(=O)O. The summed E-state index contributed by atoms with van der Waals surface area (Å²) < 4.78 is 158. The van der Waals surface area contributed by atoms with Gasteiger partial charge in [-0.15, -0.1) is 0 Å². The number of hydrogen-bond donors (Lipinski definition) is 8. The third-order valence-corrected chi connectivity index (χ3v) is 22.3. The number of carbonyl (C=O) groups is 8. The Morgan fingerprint density at radius 1 is 0.305 bits per heavy atom. The van der Waals surface area contributed by atoms with Gasteiger partial charge in [-0.1, -0.05) is 0 Å². The molecule has 39 heteroatoms. The van der Waals surface area contributed by atoms with Crippen LogP contribution in [-0.2, 0) is 116 Å². The Morgan fingerprint density at radius 3 is 0.638 bits per heavy atom. The molecule has 0 saturated heterocycles. The quantitative estimate of drug-likeness (QED) is 0.0104. The third-order valence-electron chi connectivity index (χ3n) is 17.6. The van der Waals surface area contributed by atoms with E-state index in [1.807, 2.05) is 14.1 Å². The van der Waals surface area contributed by atoms with Crippen molar-refractivity contribution < 1.29 is 142 Å². The summed E-state index contributed by atoms with van der Waals surface area (Å²) in [5.41, 5.74) is -8.60. The highest BCUT2D eigenvalue weighted by Crippen LogP contribution is 2.40. The van der Waals surface area contributed by atoms with Crippen LogP contribution in [0.2, 0.25) is 0 Å². The van der Waals surface area contributed by atoms with Gasteiger partial charge in [-0.2, -0.15) is 75.8 Å². The average molecular weight is 1660 g/mol. The molecule has 0 aliphatic carbocycles. The van der Waals surface area contributed by atoms with Gasteiger partial charge in [-0.05, 0) is 115 Å². The second-order valence-electron chi connectivity index (χ2n) is 34.0. The van der Waals surface area contributed by atoms with Gasteiger partial charge >= 0.3 is 47.8 Å². The van der Waals surface area contributed by atoms with Crippen molar-refractivity contribution in [2.24, 2.45) is 27.1 Å². The first-order chi connectivity index (χ1) is 46.7. The summed E-state index contributed by atoms with van der Waals surface area (Å²) in [6.07, 6.45) is -0.662. The zero-order valence-electron chi connectivity index (χ0n) is 65.4. The minimum Gasteiger partial charge on any atom is -0.464 e. The van der Waals surface area contributed by atoms with E-state index in [-0.39, 0.29) is 110 Å².